The minimum absolute atomic E-state index is 1.19. The van der Waals surface area contributed by atoms with Crippen LogP contribution < -0.4 is 0 Å². The maximum Gasteiger partial charge on any atom is -0.000673 e. The number of benzene rings is 16. The Morgan fingerprint density at radius 1 is 0.122 bits per heavy atom. The average molecular weight is 1030 g/mol. The van der Waals surface area contributed by atoms with Gasteiger partial charge in [-0.25, -0.2) is 0 Å². The molecule has 18 aromatic carbocycles. The molecule has 0 bridgehead atoms. The third kappa shape index (κ3) is 5.70. The smallest absolute Gasteiger partial charge is 0.000673 e. The Labute approximate surface area is 473 Å². The maximum absolute atomic E-state index is 2.64. The van der Waals surface area contributed by atoms with Crippen molar-refractivity contribution >= 4 is 108 Å². The van der Waals surface area contributed by atoms with Crippen LogP contribution >= 0.6 is 0 Å². The number of hydrogen-bond donors (Lipinski definition) is 0. The lowest BCUT2D eigenvalue weighted by Gasteiger charge is -2.26. The van der Waals surface area contributed by atoms with Crippen molar-refractivity contribution in [3.05, 3.63) is 279 Å². The van der Waals surface area contributed by atoms with Crippen molar-refractivity contribution in [2.75, 3.05) is 0 Å². The van der Waals surface area contributed by atoms with Gasteiger partial charge in [-0.3, -0.25) is 0 Å². The molecule has 374 valence electrons. The lowest BCUT2D eigenvalue weighted by atomic mass is 9.76. The van der Waals surface area contributed by atoms with Gasteiger partial charge in [0.15, 0.2) is 0 Å². The van der Waals surface area contributed by atoms with E-state index >= 15 is 0 Å². The van der Waals surface area contributed by atoms with Gasteiger partial charge < -0.3 is 0 Å². The Hall–Kier alpha value is -10.7. The molecule has 0 N–H and O–H groups in total. The van der Waals surface area contributed by atoms with E-state index in [1.54, 1.807) is 0 Å². The summed E-state index contributed by atoms with van der Waals surface area (Å²) in [6.07, 6.45) is 0. The summed E-state index contributed by atoms with van der Waals surface area (Å²) >= 11 is 0. The van der Waals surface area contributed by atoms with Crippen molar-refractivity contribution in [1.29, 1.82) is 0 Å². The van der Waals surface area contributed by atoms with Gasteiger partial charge in [-0.2, -0.15) is 0 Å². The maximum atomic E-state index is 2.64. The zero-order valence-electron chi connectivity index (χ0n) is 44.6. The molecule has 1 aliphatic rings. The molecule has 0 spiro atoms. The quantitative estimate of drug-likeness (QED) is 0.115. The molecule has 0 fully saturated rings. The molecule has 0 atom stereocenters. The number of rotatable bonds is 6. The fourth-order valence-corrected chi connectivity index (χ4v) is 15.8. The SMILES string of the molecule is c1ccc(-c2ccccc2-c2c3cc4c(-c5ccccc5)c(-c5ccccc5)c(-c5ccccc5)c(-c5ccccc5)c4c4c5ccccc5c(c5c6ccc7c8ccc9c%10c(ccc(c%11ccc(c25)c6c%117)c%108)-c2ccccc2-9)c34)cc1. The molecular formula is C82H46. The van der Waals surface area contributed by atoms with Crippen LogP contribution in [0.4, 0.5) is 0 Å². The van der Waals surface area contributed by atoms with E-state index in [9.17, 15) is 0 Å². The van der Waals surface area contributed by atoms with Crippen LogP contribution in [0.3, 0.4) is 0 Å². The first-order valence-corrected chi connectivity index (χ1v) is 28.8. The van der Waals surface area contributed by atoms with E-state index in [1.165, 1.54) is 197 Å². The molecule has 0 saturated heterocycles. The van der Waals surface area contributed by atoms with E-state index < -0.39 is 0 Å². The first-order chi connectivity index (χ1) is 40.8. The van der Waals surface area contributed by atoms with E-state index in [4.69, 9.17) is 0 Å². The first-order valence-electron chi connectivity index (χ1n) is 28.8. The first kappa shape index (κ1) is 44.2. The molecule has 0 aromatic heterocycles. The second kappa shape index (κ2) is 16.5. The molecule has 0 amide bonds. The van der Waals surface area contributed by atoms with Gasteiger partial charge in [0.2, 0.25) is 0 Å². The highest BCUT2D eigenvalue weighted by Crippen LogP contribution is 2.61. The van der Waals surface area contributed by atoms with Crippen molar-refractivity contribution in [1.82, 2.24) is 0 Å². The summed E-state index contributed by atoms with van der Waals surface area (Å²) in [5.41, 5.74) is 20.0. The Morgan fingerprint density at radius 2 is 0.427 bits per heavy atom. The topological polar surface area (TPSA) is 0 Å². The van der Waals surface area contributed by atoms with Gasteiger partial charge in [0.1, 0.15) is 0 Å². The van der Waals surface area contributed by atoms with Gasteiger partial charge in [0.25, 0.3) is 0 Å². The molecule has 0 radical (unpaired) electrons. The predicted octanol–water partition coefficient (Wildman–Crippen LogP) is 23.2. The zero-order chi connectivity index (χ0) is 53.3. The molecule has 19 rings (SSSR count). The second-order valence-corrected chi connectivity index (χ2v) is 22.7. The van der Waals surface area contributed by atoms with Crippen LogP contribution in [0.1, 0.15) is 0 Å². The van der Waals surface area contributed by atoms with Gasteiger partial charge in [-0.15, -0.1) is 0 Å². The minimum Gasteiger partial charge on any atom is -0.0622 e. The number of hydrogen-bond acceptors (Lipinski definition) is 0. The van der Waals surface area contributed by atoms with E-state index in [0.29, 0.717) is 0 Å². The van der Waals surface area contributed by atoms with Gasteiger partial charge >= 0.3 is 0 Å². The zero-order valence-corrected chi connectivity index (χ0v) is 44.6. The van der Waals surface area contributed by atoms with E-state index in [0.717, 1.165) is 0 Å². The molecule has 0 unspecified atom stereocenters. The molecule has 0 heteroatoms. The highest BCUT2D eigenvalue weighted by molar-refractivity contribution is 6.53. The third-order valence-corrected chi connectivity index (χ3v) is 18.8. The van der Waals surface area contributed by atoms with Gasteiger partial charge in [0.05, 0.1) is 0 Å². The molecule has 0 heterocycles. The Bertz CT molecular complexity index is 5610. The number of fused-ring (bicyclic) bond motifs is 14. The Balaban J connectivity index is 1.09. The molecule has 0 aliphatic heterocycles. The van der Waals surface area contributed by atoms with Crippen molar-refractivity contribution in [3.63, 3.8) is 0 Å². The van der Waals surface area contributed by atoms with Crippen molar-refractivity contribution < 1.29 is 0 Å². The Morgan fingerprint density at radius 3 is 0.963 bits per heavy atom. The molecule has 82 heavy (non-hydrogen) atoms. The molecule has 0 nitrogen and oxygen atoms in total. The van der Waals surface area contributed by atoms with Crippen molar-refractivity contribution in [2.45, 2.75) is 0 Å². The monoisotopic (exact) mass is 1030 g/mol. The van der Waals surface area contributed by atoms with E-state index in [2.05, 4.69) is 279 Å². The van der Waals surface area contributed by atoms with Crippen LogP contribution in [0.15, 0.2) is 279 Å². The van der Waals surface area contributed by atoms with Crippen molar-refractivity contribution in [3.8, 4) is 89.0 Å². The average Bonchev–Trinajstić information content (AvgIpc) is 1.55. The summed E-state index contributed by atoms with van der Waals surface area (Å²) in [4.78, 5) is 0. The van der Waals surface area contributed by atoms with Crippen LogP contribution in [0, 0.1) is 0 Å². The highest BCUT2D eigenvalue weighted by Gasteiger charge is 2.33. The van der Waals surface area contributed by atoms with Gasteiger partial charge in [-0.1, -0.05) is 273 Å². The van der Waals surface area contributed by atoms with Gasteiger partial charge in [0, 0.05) is 0 Å². The highest BCUT2D eigenvalue weighted by atomic mass is 14.4. The van der Waals surface area contributed by atoms with Crippen LogP contribution in [0.5, 0.6) is 0 Å². The largest absolute Gasteiger partial charge is 0.0622 e. The standard InChI is InChI=1S/C82H46/c1-6-22-47(23-7-1)52-32-16-19-35-55(52)75-67-46-66-68(48-24-8-2-9-25-48)69(49-26-10-3-11-27-49)70(50-28-12-4-13-29-50)71(51-30-14-5-15-31-51)81(66)78-57-37-21-20-36-56(57)77(82(67)78)80-65-45-43-63-61-41-39-59-54-34-18-17-33-53(54)58-38-40-60(73(61)72(58)59)62-42-44-64(79(75)80)76(65)74(62)63/h1-46H. The fraction of sp³-hybridized carbons (Fsp3) is 0. The third-order valence-electron chi connectivity index (χ3n) is 18.8. The van der Waals surface area contributed by atoms with Crippen LogP contribution in [0.25, 0.3) is 197 Å². The summed E-state index contributed by atoms with van der Waals surface area (Å²) < 4.78 is 0. The molecular weight excluding hydrogens is 985 g/mol. The van der Waals surface area contributed by atoms with E-state index in [1.807, 2.05) is 0 Å². The summed E-state index contributed by atoms with van der Waals surface area (Å²) in [6.45, 7) is 0. The molecule has 0 saturated carbocycles. The normalized spacial score (nSPS) is 12.4. The van der Waals surface area contributed by atoms with Crippen LogP contribution in [0.2, 0.25) is 0 Å². The summed E-state index contributed by atoms with van der Waals surface area (Å²) in [7, 11) is 0. The Kier molecular flexibility index (Phi) is 8.88. The summed E-state index contributed by atoms with van der Waals surface area (Å²) in [6, 6.07) is 106. The van der Waals surface area contributed by atoms with Gasteiger partial charge in [-0.05, 0) is 203 Å². The van der Waals surface area contributed by atoms with E-state index in [-0.39, 0.29) is 0 Å². The minimum atomic E-state index is 1.19. The molecule has 1 aliphatic carbocycles. The fourth-order valence-electron chi connectivity index (χ4n) is 15.8. The lowest BCUT2D eigenvalue weighted by molar-refractivity contribution is 1.57. The molecule has 18 aromatic rings. The van der Waals surface area contributed by atoms with Crippen LogP contribution in [-0.4, -0.2) is 0 Å². The van der Waals surface area contributed by atoms with Crippen molar-refractivity contribution in [2.24, 2.45) is 0 Å². The van der Waals surface area contributed by atoms with Crippen LogP contribution in [-0.2, 0) is 0 Å². The lowest BCUT2D eigenvalue weighted by Crippen LogP contribution is -1.98. The second-order valence-electron chi connectivity index (χ2n) is 22.7. The summed E-state index contributed by atoms with van der Waals surface area (Å²) in [5, 5.41) is 26.3. The predicted molar refractivity (Wildman–Crippen MR) is 352 cm³/mol. The summed E-state index contributed by atoms with van der Waals surface area (Å²) in [5.74, 6) is 0.